The quantitative estimate of drug-likeness (QED) is 0.551. The van der Waals surface area contributed by atoms with Gasteiger partial charge in [0.25, 0.3) is 0 Å². The number of nitrogens with zero attached hydrogens (tertiary/aromatic N) is 1. The highest BCUT2D eigenvalue weighted by atomic mass is 16.5. The molecule has 0 spiro atoms. The number of hydrogen-bond acceptors (Lipinski definition) is 3. The number of carbonyl (C=O) groups is 1. The summed E-state index contributed by atoms with van der Waals surface area (Å²) in [5.41, 5.74) is 2.50. The second-order valence-corrected chi connectivity index (χ2v) is 3.95. The second kappa shape index (κ2) is 4.03. The van der Waals surface area contributed by atoms with Gasteiger partial charge in [-0.05, 0) is 12.5 Å². The van der Waals surface area contributed by atoms with E-state index < -0.39 is 0 Å². The van der Waals surface area contributed by atoms with Crippen LogP contribution >= 0.6 is 0 Å². The minimum Gasteiger partial charge on any atom is -0.468 e. The second-order valence-electron chi connectivity index (χ2n) is 3.95. The summed E-state index contributed by atoms with van der Waals surface area (Å²) in [4.78, 5) is 13.3. The van der Waals surface area contributed by atoms with Gasteiger partial charge in [0, 0.05) is 13.1 Å². The van der Waals surface area contributed by atoms with E-state index in [1.54, 1.807) is 0 Å². The maximum Gasteiger partial charge on any atom is 0.324 e. The first kappa shape index (κ1) is 10.2. The molecule has 1 heterocycles. The summed E-state index contributed by atoms with van der Waals surface area (Å²) in [5.74, 6) is -0.123. The summed E-state index contributed by atoms with van der Waals surface area (Å²) in [5, 5.41) is 0. The molecule has 80 valence electrons. The van der Waals surface area contributed by atoms with Crippen LogP contribution in [0.2, 0.25) is 0 Å². The van der Waals surface area contributed by atoms with Crippen LogP contribution in [0.4, 0.5) is 0 Å². The molecule has 0 amide bonds. The van der Waals surface area contributed by atoms with Crippen LogP contribution in [0.3, 0.4) is 0 Å². The Morgan fingerprint density at radius 3 is 2.73 bits per heavy atom. The van der Waals surface area contributed by atoms with Gasteiger partial charge in [0.2, 0.25) is 0 Å². The number of benzene rings is 1. The lowest BCUT2D eigenvalue weighted by molar-refractivity contribution is -0.140. The molecule has 0 aromatic heterocycles. The Morgan fingerprint density at radius 2 is 2.13 bits per heavy atom. The zero-order valence-corrected chi connectivity index (χ0v) is 9.06. The van der Waals surface area contributed by atoms with Gasteiger partial charge >= 0.3 is 5.97 Å². The molecule has 3 heteroatoms. The highest BCUT2D eigenvalue weighted by Crippen LogP contribution is 2.22. The third-order valence-electron chi connectivity index (χ3n) is 2.69. The summed E-state index contributed by atoms with van der Waals surface area (Å²) >= 11 is 0. The van der Waals surface area contributed by atoms with Crippen molar-refractivity contribution in [3.05, 3.63) is 35.4 Å². The molecule has 0 saturated carbocycles. The van der Waals surface area contributed by atoms with E-state index in [0.29, 0.717) is 0 Å². The predicted octanol–water partition coefficient (Wildman–Crippen LogP) is 1.35. The Hall–Kier alpha value is -1.35. The van der Waals surface area contributed by atoms with Gasteiger partial charge in [-0.3, -0.25) is 9.69 Å². The van der Waals surface area contributed by atoms with E-state index in [-0.39, 0.29) is 12.0 Å². The van der Waals surface area contributed by atoms with Gasteiger partial charge in [-0.25, -0.2) is 0 Å². The SMILES string of the molecule is COC(=O)C1CN1Cc1ccc(C)cc1. The molecule has 1 aliphatic heterocycles. The normalized spacial score (nSPS) is 23.6. The fourth-order valence-electron chi connectivity index (χ4n) is 1.64. The van der Waals surface area contributed by atoms with E-state index in [4.69, 9.17) is 0 Å². The van der Waals surface area contributed by atoms with Gasteiger partial charge in [0.1, 0.15) is 6.04 Å². The van der Waals surface area contributed by atoms with E-state index >= 15 is 0 Å². The van der Waals surface area contributed by atoms with Crippen LogP contribution in [0.5, 0.6) is 0 Å². The maximum absolute atomic E-state index is 11.2. The monoisotopic (exact) mass is 205 g/mol. The molecule has 0 radical (unpaired) electrons. The summed E-state index contributed by atoms with van der Waals surface area (Å²) in [6.07, 6.45) is 0. The standard InChI is InChI=1S/C12H15NO2/c1-9-3-5-10(6-4-9)7-13-8-11(13)12(14)15-2/h3-6,11H,7-8H2,1-2H3. The molecule has 3 nitrogen and oxygen atoms in total. The zero-order chi connectivity index (χ0) is 10.8. The molecular formula is C12H15NO2. The minimum atomic E-state index is -0.123. The van der Waals surface area contributed by atoms with Crippen molar-refractivity contribution in [1.82, 2.24) is 4.90 Å². The molecule has 1 aliphatic rings. The highest BCUT2D eigenvalue weighted by Gasteiger charge is 2.40. The number of esters is 1. The van der Waals surface area contributed by atoms with E-state index in [0.717, 1.165) is 13.1 Å². The zero-order valence-electron chi connectivity index (χ0n) is 9.06. The Kier molecular flexibility index (Phi) is 2.73. The molecule has 0 N–H and O–H groups in total. The molecule has 1 saturated heterocycles. The van der Waals surface area contributed by atoms with E-state index in [1.807, 2.05) is 0 Å². The minimum absolute atomic E-state index is 0.0173. The highest BCUT2D eigenvalue weighted by molar-refractivity contribution is 5.78. The van der Waals surface area contributed by atoms with E-state index in [2.05, 4.69) is 40.8 Å². The van der Waals surface area contributed by atoms with Crippen LogP contribution in [0.15, 0.2) is 24.3 Å². The Balaban J connectivity index is 1.90. The average Bonchev–Trinajstić information content (AvgIpc) is 3.00. The molecule has 2 unspecified atom stereocenters. The van der Waals surface area contributed by atoms with Crippen molar-refractivity contribution in [3.63, 3.8) is 0 Å². The van der Waals surface area contributed by atoms with Crippen molar-refractivity contribution in [2.24, 2.45) is 0 Å². The van der Waals surface area contributed by atoms with E-state index in [9.17, 15) is 4.79 Å². The third kappa shape index (κ3) is 2.36. The van der Waals surface area contributed by atoms with Crippen molar-refractivity contribution in [2.45, 2.75) is 19.5 Å². The summed E-state index contributed by atoms with van der Waals surface area (Å²) < 4.78 is 4.68. The fraction of sp³-hybridized carbons (Fsp3) is 0.417. The summed E-state index contributed by atoms with van der Waals surface area (Å²) in [7, 11) is 1.44. The van der Waals surface area contributed by atoms with Gasteiger partial charge in [0.15, 0.2) is 0 Å². The maximum atomic E-state index is 11.2. The first-order valence-corrected chi connectivity index (χ1v) is 5.08. The van der Waals surface area contributed by atoms with Gasteiger partial charge in [-0.15, -0.1) is 0 Å². The Bertz CT molecular complexity index is 358. The largest absolute Gasteiger partial charge is 0.468 e. The lowest BCUT2D eigenvalue weighted by atomic mass is 10.1. The first-order chi connectivity index (χ1) is 7.20. The van der Waals surface area contributed by atoms with Gasteiger partial charge in [-0.2, -0.15) is 0 Å². The fourth-order valence-corrected chi connectivity index (χ4v) is 1.64. The summed E-state index contributed by atoms with van der Waals surface area (Å²) in [6, 6.07) is 8.36. The molecular weight excluding hydrogens is 190 g/mol. The van der Waals surface area contributed by atoms with Crippen LogP contribution in [0.1, 0.15) is 11.1 Å². The van der Waals surface area contributed by atoms with Crippen molar-refractivity contribution >= 4 is 5.97 Å². The van der Waals surface area contributed by atoms with Crippen molar-refractivity contribution in [2.75, 3.05) is 13.7 Å². The molecule has 1 aromatic carbocycles. The number of methoxy groups -OCH3 is 1. The lowest BCUT2D eigenvalue weighted by Gasteiger charge is -2.03. The topological polar surface area (TPSA) is 29.3 Å². The van der Waals surface area contributed by atoms with Gasteiger partial charge < -0.3 is 4.74 Å². The van der Waals surface area contributed by atoms with Crippen molar-refractivity contribution < 1.29 is 9.53 Å². The molecule has 2 rings (SSSR count). The number of aryl methyl sites for hydroxylation is 1. The number of carbonyl (C=O) groups excluding carboxylic acids is 1. The Labute approximate surface area is 89.7 Å². The lowest BCUT2D eigenvalue weighted by Crippen LogP contribution is -2.14. The molecule has 2 atom stereocenters. The van der Waals surface area contributed by atoms with E-state index in [1.165, 1.54) is 18.2 Å². The predicted molar refractivity (Wildman–Crippen MR) is 57.4 cm³/mol. The molecule has 0 aliphatic carbocycles. The Morgan fingerprint density at radius 1 is 1.47 bits per heavy atom. The van der Waals surface area contributed by atoms with Crippen LogP contribution in [0.25, 0.3) is 0 Å². The third-order valence-corrected chi connectivity index (χ3v) is 2.69. The van der Waals surface area contributed by atoms with Crippen LogP contribution in [0, 0.1) is 6.92 Å². The molecule has 1 fully saturated rings. The van der Waals surface area contributed by atoms with Crippen molar-refractivity contribution in [3.8, 4) is 0 Å². The van der Waals surface area contributed by atoms with Gasteiger partial charge in [0.05, 0.1) is 7.11 Å². The summed E-state index contributed by atoms with van der Waals surface area (Å²) in [6.45, 7) is 3.72. The average molecular weight is 205 g/mol. The molecule has 15 heavy (non-hydrogen) atoms. The smallest absolute Gasteiger partial charge is 0.324 e. The molecule has 0 bridgehead atoms. The van der Waals surface area contributed by atoms with Gasteiger partial charge in [-0.1, -0.05) is 29.8 Å². The van der Waals surface area contributed by atoms with Crippen LogP contribution < -0.4 is 0 Å². The number of hydrogen-bond donors (Lipinski definition) is 0. The number of rotatable bonds is 3. The van der Waals surface area contributed by atoms with Crippen LogP contribution in [-0.2, 0) is 16.1 Å². The molecule has 1 aromatic rings. The number of ether oxygens (including phenoxy) is 1. The van der Waals surface area contributed by atoms with Crippen molar-refractivity contribution in [1.29, 1.82) is 0 Å². The first-order valence-electron chi connectivity index (χ1n) is 5.08. The van der Waals surface area contributed by atoms with Crippen LogP contribution in [-0.4, -0.2) is 30.6 Å².